The summed E-state index contributed by atoms with van der Waals surface area (Å²) < 4.78 is 0. The van der Waals surface area contributed by atoms with Crippen molar-refractivity contribution in [2.24, 2.45) is 0 Å². The predicted molar refractivity (Wildman–Crippen MR) is 69.3 cm³/mol. The number of likely N-dealkylation sites (N-methyl/N-ethyl adjacent to an activating group) is 1. The standard InChI is InChI=1S/C14H21NO2/c1-11-5-4-6-13(9-11)14(17)10-15(3)8-7-12(2)16/h4-6,9,12,16H,7-8,10H2,1-3H3. The molecule has 0 spiro atoms. The molecule has 3 heteroatoms. The van der Waals surface area contributed by atoms with Gasteiger partial charge in [-0.05, 0) is 33.4 Å². The van der Waals surface area contributed by atoms with Crippen molar-refractivity contribution in [3.05, 3.63) is 35.4 Å². The van der Waals surface area contributed by atoms with E-state index in [0.29, 0.717) is 13.0 Å². The third-order valence-corrected chi connectivity index (χ3v) is 2.68. The van der Waals surface area contributed by atoms with Crippen molar-refractivity contribution in [2.45, 2.75) is 26.4 Å². The number of aliphatic hydroxyl groups is 1. The predicted octanol–water partition coefficient (Wildman–Crippen LogP) is 1.88. The van der Waals surface area contributed by atoms with Gasteiger partial charge in [-0.15, -0.1) is 0 Å². The van der Waals surface area contributed by atoms with E-state index in [2.05, 4.69) is 0 Å². The van der Waals surface area contributed by atoms with Gasteiger partial charge >= 0.3 is 0 Å². The Kier molecular flexibility index (Phi) is 5.32. The molecular formula is C14H21NO2. The number of aliphatic hydroxyl groups excluding tert-OH is 1. The maximum atomic E-state index is 11.9. The molecule has 1 atom stereocenters. The second kappa shape index (κ2) is 6.52. The van der Waals surface area contributed by atoms with E-state index in [9.17, 15) is 9.90 Å². The Morgan fingerprint density at radius 3 is 2.76 bits per heavy atom. The minimum absolute atomic E-state index is 0.127. The van der Waals surface area contributed by atoms with Gasteiger partial charge in [-0.2, -0.15) is 0 Å². The quantitative estimate of drug-likeness (QED) is 0.765. The number of carbonyl (C=O) groups excluding carboxylic acids is 1. The summed E-state index contributed by atoms with van der Waals surface area (Å²) in [7, 11) is 1.90. The molecule has 0 saturated heterocycles. The zero-order chi connectivity index (χ0) is 12.8. The molecular weight excluding hydrogens is 214 g/mol. The van der Waals surface area contributed by atoms with Crippen LogP contribution in [0.3, 0.4) is 0 Å². The lowest BCUT2D eigenvalue weighted by molar-refractivity contribution is 0.0931. The molecule has 0 bridgehead atoms. The summed E-state index contributed by atoms with van der Waals surface area (Å²) in [5.41, 5.74) is 1.86. The average molecular weight is 235 g/mol. The first-order valence-electron chi connectivity index (χ1n) is 5.95. The van der Waals surface area contributed by atoms with Gasteiger partial charge in [-0.25, -0.2) is 0 Å². The molecule has 0 aliphatic carbocycles. The fourth-order valence-corrected chi connectivity index (χ4v) is 1.64. The SMILES string of the molecule is Cc1cccc(C(=O)CN(C)CCC(C)O)c1. The van der Waals surface area contributed by atoms with Crippen molar-refractivity contribution < 1.29 is 9.90 Å². The van der Waals surface area contributed by atoms with Crippen molar-refractivity contribution >= 4 is 5.78 Å². The third-order valence-electron chi connectivity index (χ3n) is 2.68. The Labute approximate surface area is 103 Å². The lowest BCUT2D eigenvalue weighted by Gasteiger charge is -2.16. The van der Waals surface area contributed by atoms with Gasteiger partial charge in [-0.3, -0.25) is 9.69 Å². The number of aryl methyl sites for hydroxylation is 1. The summed E-state index contributed by atoms with van der Waals surface area (Å²) in [4.78, 5) is 13.9. The van der Waals surface area contributed by atoms with Crippen molar-refractivity contribution in [1.29, 1.82) is 0 Å². The monoisotopic (exact) mass is 235 g/mol. The minimum atomic E-state index is -0.313. The summed E-state index contributed by atoms with van der Waals surface area (Å²) in [5.74, 6) is 0.127. The summed E-state index contributed by atoms with van der Waals surface area (Å²) in [5, 5.41) is 9.18. The number of carbonyl (C=O) groups is 1. The van der Waals surface area contributed by atoms with Gasteiger partial charge in [0.05, 0.1) is 12.6 Å². The average Bonchev–Trinajstić information content (AvgIpc) is 2.26. The lowest BCUT2D eigenvalue weighted by atomic mass is 10.1. The first-order chi connectivity index (χ1) is 7.99. The van der Waals surface area contributed by atoms with Crippen LogP contribution < -0.4 is 0 Å². The van der Waals surface area contributed by atoms with Crippen LogP contribution in [0.1, 0.15) is 29.3 Å². The van der Waals surface area contributed by atoms with Crippen molar-refractivity contribution in [2.75, 3.05) is 20.1 Å². The van der Waals surface area contributed by atoms with Crippen molar-refractivity contribution in [3.8, 4) is 0 Å². The normalized spacial score (nSPS) is 12.8. The molecule has 0 aromatic heterocycles. The molecule has 3 nitrogen and oxygen atoms in total. The molecule has 0 radical (unpaired) electrons. The lowest BCUT2D eigenvalue weighted by Crippen LogP contribution is -2.28. The molecule has 1 aromatic carbocycles. The second-order valence-electron chi connectivity index (χ2n) is 4.67. The van der Waals surface area contributed by atoms with Gasteiger partial charge in [0, 0.05) is 12.1 Å². The number of hydrogen-bond donors (Lipinski definition) is 1. The molecule has 1 rings (SSSR count). The molecule has 0 fully saturated rings. The van der Waals surface area contributed by atoms with E-state index in [-0.39, 0.29) is 11.9 Å². The molecule has 1 N–H and O–H groups in total. The Morgan fingerprint density at radius 1 is 1.47 bits per heavy atom. The van der Waals surface area contributed by atoms with Crippen molar-refractivity contribution in [1.82, 2.24) is 4.90 Å². The van der Waals surface area contributed by atoms with Gasteiger partial charge < -0.3 is 5.11 Å². The Balaban J connectivity index is 2.49. The zero-order valence-corrected chi connectivity index (χ0v) is 10.8. The van der Waals surface area contributed by atoms with Crippen LogP contribution in [0.2, 0.25) is 0 Å². The second-order valence-corrected chi connectivity index (χ2v) is 4.67. The highest BCUT2D eigenvalue weighted by Crippen LogP contribution is 2.06. The number of Topliss-reactive ketones (excluding diaryl/α,β-unsaturated/α-hetero) is 1. The van der Waals surface area contributed by atoms with E-state index < -0.39 is 0 Å². The largest absolute Gasteiger partial charge is 0.393 e. The molecule has 1 aromatic rings. The number of rotatable bonds is 6. The van der Waals surface area contributed by atoms with Crippen LogP contribution in [0.15, 0.2) is 24.3 Å². The molecule has 0 heterocycles. The van der Waals surface area contributed by atoms with Gasteiger partial charge in [0.1, 0.15) is 0 Å². The molecule has 1 unspecified atom stereocenters. The molecule has 0 saturated carbocycles. The van der Waals surface area contributed by atoms with Gasteiger partial charge in [0.25, 0.3) is 0 Å². The zero-order valence-electron chi connectivity index (χ0n) is 10.8. The van der Waals surface area contributed by atoms with Crippen LogP contribution >= 0.6 is 0 Å². The number of benzene rings is 1. The van der Waals surface area contributed by atoms with E-state index in [1.165, 1.54) is 0 Å². The van der Waals surface area contributed by atoms with E-state index in [4.69, 9.17) is 0 Å². The maximum absolute atomic E-state index is 11.9. The molecule has 94 valence electrons. The highest BCUT2D eigenvalue weighted by Gasteiger charge is 2.09. The fraction of sp³-hybridized carbons (Fsp3) is 0.500. The number of ketones is 1. The Morgan fingerprint density at radius 2 is 2.18 bits per heavy atom. The highest BCUT2D eigenvalue weighted by molar-refractivity contribution is 5.97. The van der Waals surface area contributed by atoms with E-state index in [1.54, 1.807) is 6.92 Å². The Bertz CT molecular complexity index is 374. The topological polar surface area (TPSA) is 40.5 Å². The van der Waals surface area contributed by atoms with E-state index in [1.807, 2.05) is 43.1 Å². The van der Waals surface area contributed by atoms with Gasteiger partial charge in [0.2, 0.25) is 0 Å². The van der Waals surface area contributed by atoms with Crippen LogP contribution in [0.25, 0.3) is 0 Å². The van der Waals surface area contributed by atoms with Crippen LogP contribution in [-0.4, -0.2) is 42.0 Å². The van der Waals surface area contributed by atoms with Gasteiger partial charge in [0.15, 0.2) is 5.78 Å². The summed E-state index contributed by atoms with van der Waals surface area (Å²) >= 11 is 0. The summed E-state index contributed by atoms with van der Waals surface area (Å²) in [6, 6.07) is 7.63. The van der Waals surface area contributed by atoms with Crippen LogP contribution in [-0.2, 0) is 0 Å². The molecule has 0 amide bonds. The van der Waals surface area contributed by atoms with E-state index >= 15 is 0 Å². The van der Waals surface area contributed by atoms with Crippen LogP contribution in [0.4, 0.5) is 0 Å². The third kappa shape index (κ3) is 5.11. The first-order valence-corrected chi connectivity index (χ1v) is 5.95. The highest BCUT2D eigenvalue weighted by atomic mass is 16.3. The van der Waals surface area contributed by atoms with Crippen LogP contribution in [0.5, 0.6) is 0 Å². The minimum Gasteiger partial charge on any atom is -0.393 e. The van der Waals surface area contributed by atoms with Gasteiger partial charge in [-0.1, -0.05) is 23.8 Å². The summed E-state index contributed by atoms with van der Waals surface area (Å²) in [6.07, 6.45) is 0.379. The Hall–Kier alpha value is -1.19. The molecule has 0 aliphatic heterocycles. The molecule has 17 heavy (non-hydrogen) atoms. The van der Waals surface area contributed by atoms with Crippen molar-refractivity contribution in [3.63, 3.8) is 0 Å². The first kappa shape index (κ1) is 13.9. The number of nitrogens with zero attached hydrogens (tertiary/aromatic N) is 1. The smallest absolute Gasteiger partial charge is 0.176 e. The maximum Gasteiger partial charge on any atom is 0.176 e. The van der Waals surface area contributed by atoms with E-state index in [0.717, 1.165) is 17.7 Å². The summed E-state index contributed by atoms with van der Waals surface area (Å²) in [6.45, 7) is 4.87. The fourth-order valence-electron chi connectivity index (χ4n) is 1.64. The van der Waals surface area contributed by atoms with Crippen LogP contribution in [0, 0.1) is 6.92 Å². The number of hydrogen-bond acceptors (Lipinski definition) is 3. The molecule has 0 aliphatic rings.